The Bertz CT molecular complexity index is 1040. The molecule has 0 amide bonds. The van der Waals surface area contributed by atoms with E-state index in [4.69, 9.17) is 18.8 Å². The maximum absolute atomic E-state index is 11.6. The SMILES string of the molecule is [2H]C([2H])(O)c1ncn(C([2H])([2H])[2H])n1.[2H]C([2H])(OC(=O)n1ccnc1)c1ncn(C([2H])([2H])[2H])n1. The van der Waals surface area contributed by atoms with Crippen LogP contribution in [0.15, 0.2) is 31.4 Å². The molecule has 0 saturated heterocycles. The Morgan fingerprint density at radius 1 is 1.26 bits per heavy atom. The standard InChI is InChI=1S/C8H9N5O2.C4H7N3O/c1-12-6-10-7(11-12)4-15-8(14)13-3-2-9-5-13;1-7-3-5-4(2-8)6-7/h2-3,5-6H,4H2,1H3;3,8H,2H2,1H3/i1D3,4D2;1D3,2D2. The van der Waals surface area contributed by atoms with Gasteiger partial charge in [-0.2, -0.15) is 10.2 Å². The average molecular weight is 330 g/mol. The highest BCUT2D eigenvalue weighted by atomic mass is 16.5. The molecule has 3 aromatic heterocycles. The van der Waals surface area contributed by atoms with Gasteiger partial charge in [-0.3, -0.25) is 9.36 Å². The van der Waals surface area contributed by atoms with E-state index in [1.165, 1.54) is 12.4 Å². The van der Waals surface area contributed by atoms with Crippen LogP contribution >= 0.6 is 0 Å². The Kier molecular flexibility index (Phi) is 2.53. The zero-order valence-corrected chi connectivity index (χ0v) is 11.2. The third kappa shape index (κ3) is 5.00. The largest absolute Gasteiger partial charge is 0.441 e. The minimum atomic E-state index is -2.71. The molecule has 11 heteroatoms. The first-order valence-corrected chi connectivity index (χ1v) is 5.70. The Morgan fingerprint density at radius 3 is 2.48 bits per heavy atom. The van der Waals surface area contributed by atoms with Crippen LogP contribution in [-0.2, 0) is 31.8 Å². The first-order chi connectivity index (χ1) is 14.9. The van der Waals surface area contributed by atoms with Crippen molar-refractivity contribution in [2.45, 2.75) is 13.1 Å². The lowest BCUT2D eigenvalue weighted by atomic mass is 10.7. The third-order valence-electron chi connectivity index (χ3n) is 2.03. The summed E-state index contributed by atoms with van der Waals surface area (Å²) in [5, 5.41) is 15.5. The second-order valence-electron chi connectivity index (χ2n) is 3.58. The molecular formula is C12H16N8O3. The predicted molar refractivity (Wildman–Crippen MR) is 75.7 cm³/mol. The van der Waals surface area contributed by atoms with E-state index in [0.717, 1.165) is 23.5 Å². The molecule has 0 atom stereocenters. The molecule has 0 aromatic carbocycles. The van der Waals surface area contributed by atoms with Crippen molar-refractivity contribution in [2.24, 2.45) is 14.0 Å². The molecule has 0 bridgehead atoms. The van der Waals surface area contributed by atoms with Gasteiger partial charge >= 0.3 is 6.09 Å². The van der Waals surface area contributed by atoms with Gasteiger partial charge < -0.3 is 9.84 Å². The minimum absolute atomic E-state index is 0.505. The number of aryl methyl sites for hydroxylation is 2. The summed E-state index contributed by atoms with van der Waals surface area (Å²) in [4.78, 5) is 22.0. The number of hydrogen-bond donors (Lipinski definition) is 1. The first-order valence-electron chi connectivity index (χ1n) is 10.7. The zero-order chi connectivity index (χ0) is 25.2. The van der Waals surface area contributed by atoms with E-state index in [0.29, 0.717) is 9.36 Å². The molecule has 1 N–H and O–H groups in total. The monoisotopic (exact) mass is 330 g/mol. The normalized spacial score (nSPS) is 18.8. The highest BCUT2D eigenvalue weighted by Crippen LogP contribution is 1.95. The first kappa shape index (κ1) is 7.46. The molecule has 3 heterocycles. The molecule has 0 spiro atoms. The van der Waals surface area contributed by atoms with Crippen LogP contribution in [-0.4, -0.2) is 50.3 Å². The summed E-state index contributed by atoms with van der Waals surface area (Å²) in [5.41, 5.74) is 0. The van der Waals surface area contributed by atoms with Crippen molar-refractivity contribution in [1.29, 1.82) is 0 Å². The van der Waals surface area contributed by atoms with E-state index in [1.807, 2.05) is 0 Å². The fraction of sp³-hybridized carbons (Fsp3) is 0.333. The number of rotatable bonds is 3. The lowest BCUT2D eigenvalue weighted by Crippen LogP contribution is -2.12. The second-order valence-corrected chi connectivity index (χ2v) is 3.58. The van der Waals surface area contributed by atoms with Crippen molar-refractivity contribution in [2.75, 3.05) is 0 Å². The summed E-state index contributed by atoms with van der Waals surface area (Å²) in [5.74, 6) is -1.13. The van der Waals surface area contributed by atoms with Crippen molar-refractivity contribution in [3.63, 3.8) is 0 Å². The van der Waals surface area contributed by atoms with E-state index < -0.39 is 44.8 Å². The molecule has 3 rings (SSSR count). The van der Waals surface area contributed by atoms with Crippen LogP contribution in [0.2, 0.25) is 0 Å². The Labute approximate surface area is 145 Å². The van der Waals surface area contributed by atoms with Crippen LogP contribution in [0.1, 0.15) is 25.4 Å². The molecule has 11 nitrogen and oxygen atoms in total. The summed E-state index contributed by atoms with van der Waals surface area (Å²) in [6.07, 6.45) is 4.37. The van der Waals surface area contributed by atoms with Crippen LogP contribution in [0.4, 0.5) is 4.79 Å². The molecule has 0 radical (unpaired) electrons. The van der Waals surface area contributed by atoms with E-state index >= 15 is 0 Å². The van der Waals surface area contributed by atoms with Gasteiger partial charge in [0.2, 0.25) is 0 Å². The molecule has 3 aromatic rings. The van der Waals surface area contributed by atoms with Crippen molar-refractivity contribution in [3.8, 4) is 0 Å². The van der Waals surface area contributed by atoms with E-state index in [2.05, 4.69) is 29.9 Å². The number of ether oxygens (including phenoxy) is 1. The van der Waals surface area contributed by atoms with Gasteiger partial charge in [0.05, 0.1) is 5.48 Å². The van der Waals surface area contributed by atoms with Crippen molar-refractivity contribution in [3.05, 3.63) is 43.0 Å². The average Bonchev–Trinajstić information content (AvgIpc) is 3.41. The number of aliphatic hydroxyl groups is 1. The fourth-order valence-corrected chi connectivity index (χ4v) is 1.13. The third-order valence-corrected chi connectivity index (χ3v) is 2.03. The molecule has 23 heavy (non-hydrogen) atoms. The Hall–Kier alpha value is -3.08. The minimum Gasteiger partial charge on any atom is -0.441 e. The molecule has 0 aliphatic carbocycles. The van der Waals surface area contributed by atoms with Crippen molar-refractivity contribution >= 4 is 6.09 Å². The highest BCUT2D eigenvalue weighted by molar-refractivity contribution is 5.69. The zero-order valence-electron chi connectivity index (χ0n) is 21.2. The Balaban J connectivity index is 0.000000257. The topological polar surface area (TPSA) is 126 Å². The number of hydrogen-bond acceptors (Lipinski definition) is 8. The van der Waals surface area contributed by atoms with Gasteiger partial charge in [-0.15, -0.1) is 0 Å². The molecule has 0 aliphatic rings. The van der Waals surface area contributed by atoms with Crippen LogP contribution < -0.4 is 0 Å². The number of carbonyl (C=O) groups excluding carboxylic acids is 1. The van der Waals surface area contributed by atoms with Crippen LogP contribution in [0.5, 0.6) is 0 Å². The lowest BCUT2D eigenvalue weighted by Gasteiger charge is -2.00. The summed E-state index contributed by atoms with van der Waals surface area (Å²) >= 11 is 0. The van der Waals surface area contributed by atoms with E-state index in [-0.39, 0.29) is 0 Å². The number of carbonyl (C=O) groups is 1. The maximum Gasteiger partial charge on any atom is 0.419 e. The predicted octanol–water partition coefficient (Wildman–Crippen LogP) is -0.496. The number of imidazole rings is 1. The smallest absolute Gasteiger partial charge is 0.419 e. The van der Waals surface area contributed by atoms with Gasteiger partial charge in [-0.05, 0) is 0 Å². The number of aromatic nitrogens is 8. The fourth-order valence-electron chi connectivity index (χ4n) is 1.13. The van der Waals surface area contributed by atoms with Gasteiger partial charge in [0.25, 0.3) is 0 Å². The van der Waals surface area contributed by atoms with Gasteiger partial charge in [-0.25, -0.2) is 24.3 Å². The quantitative estimate of drug-likeness (QED) is 0.681. The molecular weight excluding hydrogens is 304 g/mol. The molecule has 0 fully saturated rings. The lowest BCUT2D eigenvalue weighted by molar-refractivity contribution is 0.138. The van der Waals surface area contributed by atoms with Crippen molar-refractivity contribution < 1.29 is 28.3 Å². The summed E-state index contributed by atoms with van der Waals surface area (Å²) in [6, 6.07) is 0. The maximum atomic E-state index is 11.6. The van der Waals surface area contributed by atoms with Gasteiger partial charge in [0.1, 0.15) is 25.5 Å². The molecule has 0 unspecified atom stereocenters. The van der Waals surface area contributed by atoms with Crippen molar-refractivity contribution in [1.82, 2.24) is 39.1 Å². The van der Waals surface area contributed by atoms with Gasteiger partial charge in [0.15, 0.2) is 18.2 Å². The second kappa shape index (κ2) is 7.79. The summed E-state index contributed by atoms with van der Waals surface area (Å²) in [7, 11) is 0. The molecule has 0 aliphatic heterocycles. The van der Waals surface area contributed by atoms with Gasteiger partial charge in [0, 0.05) is 34.6 Å². The Morgan fingerprint density at radius 2 is 1.96 bits per heavy atom. The van der Waals surface area contributed by atoms with Crippen LogP contribution in [0.3, 0.4) is 0 Å². The number of nitrogens with zero attached hydrogens (tertiary/aromatic N) is 8. The van der Waals surface area contributed by atoms with Gasteiger partial charge in [-0.1, -0.05) is 0 Å². The summed E-state index contributed by atoms with van der Waals surface area (Å²) < 4.78 is 77.2. The summed E-state index contributed by atoms with van der Waals surface area (Å²) in [6.45, 7) is -10.5. The van der Waals surface area contributed by atoms with Crippen LogP contribution in [0.25, 0.3) is 0 Å². The van der Waals surface area contributed by atoms with E-state index in [9.17, 15) is 4.79 Å². The molecule has 0 saturated carbocycles. The molecule has 122 valence electrons. The highest BCUT2D eigenvalue weighted by Gasteiger charge is 2.06. The van der Waals surface area contributed by atoms with Crippen LogP contribution in [0, 0.1) is 0 Å². The van der Waals surface area contributed by atoms with E-state index in [1.54, 1.807) is 0 Å².